The van der Waals surface area contributed by atoms with Crippen LogP contribution in [0.2, 0.25) is 0 Å². The molecule has 30 heavy (non-hydrogen) atoms. The molecular weight excluding hydrogens is 384 g/mol. The van der Waals surface area contributed by atoms with E-state index in [9.17, 15) is 14.4 Å². The Morgan fingerprint density at radius 1 is 1.07 bits per heavy atom. The van der Waals surface area contributed by atoms with Gasteiger partial charge in [-0.1, -0.05) is 18.2 Å². The van der Waals surface area contributed by atoms with Crippen molar-refractivity contribution in [2.24, 2.45) is 5.10 Å². The van der Waals surface area contributed by atoms with E-state index in [0.29, 0.717) is 23.5 Å². The van der Waals surface area contributed by atoms with Crippen LogP contribution in [-0.4, -0.2) is 42.7 Å². The number of ether oxygens (including phenoxy) is 1. The molecule has 2 N–H and O–H groups in total. The van der Waals surface area contributed by atoms with Crippen LogP contribution in [0.15, 0.2) is 59.7 Å². The molecule has 1 atom stereocenters. The van der Waals surface area contributed by atoms with Crippen molar-refractivity contribution in [2.45, 2.75) is 26.3 Å². The summed E-state index contributed by atoms with van der Waals surface area (Å²) in [6, 6.07) is 15.1. The highest BCUT2D eigenvalue weighted by molar-refractivity contribution is 6.38. The van der Waals surface area contributed by atoms with Crippen LogP contribution in [0.5, 0.6) is 0 Å². The van der Waals surface area contributed by atoms with Gasteiger partial charge in [0.15, 0.2) is 0 Å². The third kappa shape index (κ3) is 4.83. The molecule has 0 aromatic heterocycles. The molecule has 0 aliphatic carbocycles. The average Bonchev–Trinajstić information content (AvgIpc) is 3.21. The van der Waals surface area contributed by atoms with Crippen molar-refractivity contribution in [3.05, 3.63) is 60.2 Å². The second kappa shape index (κ2) is 9.69. The summed E-state index contributed by atoms with van der Waals surface area (Å²) in [5.41, 5.74) is 1.95. The van der Waals surface area contributed by atoms with Crippen molar-refractivity contribution >= 4 is 34.9 Å². The third-order valence-corrected chi connectivity index (χ3v) is 4.50. The maximum absolute atomic E-state index is 13.0. The lowest BCUT2D eigenvalue weighted by atomic mass is 10.1. The molecule has 2 aromatic rings. The fourth-order valence-corrected chi connectivity index (χ4v) is 3.06. The van der Waals surface area contributed by atoms with Crippen molar-refractivity contribution < 1.29 is 19.1 Å². The molecule has 1 heterocycles. The molecule has 156 valence electrons. The number of nitrogens with one attached hydrogen (secondary N) is 2. The minimum atomic E-state index is -0.699. The highest BCUT2D eigenvalue weighted by Gasteiger charge is 2.36. The number of carbonyl (C=O) groups is 3. The number of rotatable bonds is 7. The first-order valence-corrected chi connectivity index (χ1v) is 9.81. The Hall–Kier alpha value is -3.68. The molecule has 8 heteroatoms. The Labute approximate surface area is 174 Å². The van der Waals surface area contributed by atoms with Crippen LogP contribution in [-0.2, 0) is 14.3 Å². The molecule has 0 spiro atoms. The van der Waals surface area contributed by atoms with Crippen LogP contribution in [0.4, 0.5) is 11.4 Å². The van der Waals surface area contributed by atoms with E-state index in [4.69, 9.17) is 4.74 Å². The zero-order valence-electron chi connectivity index (χ0n) is 16.9. The Kier molecular flexibility index (Phi) is 6.79. The molecule has 0 saturated heterocycles. The van der Waals surface area contributed by atoms with Crippen molar-refractivity contribution in [1.82, 2.24) is 5.32 Å². The van der Waals surface area contributed by atoms with Crippen LogP contribution in [0.25, 0.3) is 0 Å². The number of esters is 1. The van der Waals surface area contributed by atoms with Crippen molar-refractivity contribution in [3.8, 4) is 0 Å². The fraction of sp³-hybridized carbons (Fsp3) is 0.273. The third-order valence-electron chi connectivity index (χ3n) is 4.50. The highest BCUT2D eigenvalue weighted by Crippen LogP contribution is 2.26. The quantitative estimate of drug-likeness (QED) is 0.686. The average molecular weight is 408 g/mol. The number of hydrazone groups is 1. The van der Waals surface area contributed by atoms with E-state index in [1.165, 1.54) is 5.01 Å². The zero-order chi connectivity index (χ0) is 21.5. The maximum atomic E-state index is 13.0. The van der Waals surface area contributed by atoms with Gasteiger partial charge in [0.25, 0.3) is 5.91 Å². The van der Waals surface area contributed by atoms with Gasteiger partial charge in [0.2, 0.25) is 5.91 Å². The van der Waals surface area contributed by atoms with Crippen LogP contribution < -0.4 is 15.6 Å². The monoisotopic (exact) mass is 408 g/mol. The molecule has 0 bridgehead atoms. The number of amides is 2. The van der Waals surface area contributed by atoms with Gasteiger partial charge in [-0.3, -0.25) is 14.6 Å². The van der Waals surface area contributed by atoms with Crippen LogP contribution in [0.1, 0.15) is 30.6 Å². The van der Waals surface area contributed by atoms with E-state index < -0.39 is 12.0 Å². The molecule has 1 aliphatic rings. The smallest absolute Gasteiger partial charge is 0.354 e. The topological polar surface area (TPSA) is 100 Å². The first kappa shape index (κ1) is 21.0. The van der Waals surface area contributed by atoms with Crippen molar-refractivity contribution in [3.63, 3.8) is 0 Å². The molecule has 8 nitrogen and oxygen atoms in total. The lowest BCUT2D eigenvalue weighted by Crippen LogP contribution is -2.38. The van der Waals surface area contributed by atoms with Gasteiger partial charge < -0.3 is 15.4 Å². The molecule has 2 amide bonds. The first-order valence-electron chi connectivity index (χ1n) is 9.81. The predicted molar refractivity (Wildman–Crippen MR) is 114 cm³/mol. The van der Waals surface area contributed by atoms with Gasteiger partial charge in [0.05, 0.1) is 12.3 Å². The summed E-state index contributed by atoms with van der Waals surface area (Å²) in [7, 11) is 0. The predicted octanol–water partition coefficient (Wildman–Crippen LogP) is 2.57. The van der Waals surface area contributed by atoms with E-state index >= 15 is 0 Å². The zero-order valence-corrected chi connectivity index (χ0v) is 16.9. The summed E-state index contributed by atoms with van der Waals surface area (Å²) in [4.78, 5) is 37.0. The van der Waals surface area contributed by atoms with Crippen LogP contribution in [0.3, 0.4) is 0 Å². The molecule has 1 aliphatic heterocycles. The largest absolute Gasteiger partial charge is 0.461 e. The number of hydrogen-bond donors (Lipinski definition) is 2. The Morgan fingerprint density at radius 2 is 1.77 bits per heavy atom. The van der Waals surface area contributed by atoms with E-state index in [0.717, 1.165) is 0 Å². The van der Waals surface area contributed by atoms with Crippen molar-refractivity contribution in [1.29, 1.82) is 0 Å². The lowest BCUT2D eigenvalue weighted by molar-refractivity contribution is -0.135. The summed E-state index contributed by atoms with van der Waals surface area (Å²) in [5.74, 6) is -1.01. The van der Waals surface area contributed by atoms with Crippen LogP contribution in [0, 0.1) is 0 Å². The number of hydrogen-bond acceptors (Lipinski definition) is 6. The number of nitrogens with zero attached hydrogens (tertiary/aromatic N) is 2. The standard InChI is InChI=1S/C22H24N4O4/c1-3-23-20(27)15-10-12-16(13-11-15)24-21(28)19-14-18(22(29)30-4-2)25-26(19)17-8-6-5-7-9-17/h5-13,19H,3-4,14H2,1-2H3,(H,23,27)(H,24,28). The highest BCUT2D eigenvalue weighted by atomic mass is 16.5. The van der Waals surface area contributed by atoms with Gasteiger partial charge in [0.1, 0.15) is 11.8 Å². The normalized spacial score (nSPS) is 15.3. The van der Waals surface area contributed by atoms with Gasteiger partial charge in [-0.25, -0.2) is 4.79 Å². The van der Waals surface area contributed by atoms with E-state index in [-0.39, 0.29) is 30.6 Å². The number of benzene rings is 2. The lowest BCUT2D eigenvalue weighted by Gasteiger charge is -2.22. The molecule has 2 aromatic carbocycles. The molecule has 0 saturated carbocycles. The summed E-state index contributed by atoms with van der Waals surface area (Å²) in [6.45, 7) is 4.34. The number of para-hydroxylation sites is 1. The van der Waals surface area contributed by atoms with Crippen molar-refractivity contribution in [2.75, 3.05) is 23.5 Å². The second-order valence-electron chi connectivity index (χ2n) is 6.59. The molecule has 1 unspecified atom stereocenters. The summed E-state index contributed by atoms with van der Waals surface area (Å²) in [6.07, 6.45) is 0.135. The van der Waals surface area contributed by atoms with E-state index in [1.807, 2.05) is 37.3 Å². The van der Waals surface area contributed by atoms with Gasteiger partial charge in [0, 0.05) is 24.2 Å². The summed E-state index contributed by atoms with van der Waals surface area (Å²) >= 11 is 0. The Balaban J connectivity index is 1.76. The molecule has 0 radical (unpaired) electrons. The molecule has 3 rings (SSSR count). The summed E-state index contributed by atoms with van der Waals surface area (Å²) in [5, 5.41) is 11.4. The Bertz CT molecular complexity index is 941. The van der Waals surface area contributed by atoms with Gasteiger partial charge >= 0.3 is 5.97 Å². The maximum Gasteiger partial charge on any atom is 0.354 e. The van der Waals surface area contributed by atoms with Crippen LogP contribution >= 0.6 is 0 Å². The van der Waals surface area contributed by atoms with E-state index in [1.54, 1.807) is 31.2 Å². The minimum Gasteiger partial charge on any atom is -0.461 e. The Morgan fingerprint density at radius 3 is 2.40 bits per heavy atom. The number of anilines is 2. The first-order chi connectivity index (χ1) is 14.5. The van der Waals surface area contributed by atoms with Gasteiger partial charge in [-0.2, -0.15) is 5.10 Å². The minimum absolute atomic E-state index is 0.135. The SMILES string of the molecule is CCNC(=O)c1ccc(NC(=O)C2CC(C(=O)OCC)=NN2c2ccccc2)cc1. The molecule has 0 fully saturated rings. The van der Waals surface area contributed by atoms with Gasteiger partial charge in [-0.15, -0.1) is 0 Å². The number of carbonyl (C=O) groups excluding carboxylic acids is 3. The van der Waals surface area contributed by atoms with Gasteiger partial charge in [-0.05, 0) is 50.2 Å². The van der Waals surface area contributed by atoms with E-state index in [2.05, 4.69) is 15.7 Å². The summed E-state index contributed by atoms with van der Waals surface area (Å²) < 4.78 is 5.05. The molecular formula is C22H24N4O4. The fourth-order valence-electron chi connectivity index (χ4n) is 3.06. The second-order valence-corrected chi connectivity index (χ2v) is 6.59.